The highest BCUT2D eigenvalue weighted by atomic mass is 79.9. The molecule has 2 aromatic carbocycles. The average Bonchev–Trinajstić information content (AvgIpc) is 2.68. The lowest BCUT2D eigenvalue weighted by atomic mass is 9.74. The summed E-state index contributed by atoms with van der Waals surface area (Å²) in [5, 5.41) is 0. The summed E-state index contributed by atoms with van der Waals surface area (Å²) < 4.78 is 8.84. The van der Waals surface area contributed by atoms with Crippen LogP contribution in [0.1, 0.15) is 31.4 Å². The van der Waals surface area contributed by atoms with Gasteiger partial charge in [-0.05, 0) is 65.5 Å². The second-order valence-corrected chi connectivity index (χ2v) is 8.73. The number of aryl methyl sites for hydroxylation is 1. The number of ether oxygens (including phenoxy) is 1. The summed E-state index contributed by atoms with van der Waals surface area (Å²) in [6.45, 7) is 4.60. The molecule has 0 fully saturated rings. The predicted molar refractivity (Wildman–Crippen MR) is 101 cm³/mol. The first-order valence-electron chi connectivity index (χ1n) is 7.87. The van der Waals surface area contributed by atoms with E-state index in [1.807, 2.05) is 0 Å². The lowest BCUT2D eigenvalue weighted by molar-refractivity contribution is -0.00655. The van der Waals surface area contributed by atoms with E-state index in [4.69, 9.17) is 4.74 Å². The second-order valence-electron chi connectivity index (χ2n) is 6.96. The smallest absolute Gasteiger partial charge is 0.192 e. The molecule has 1 atom stereocenters. The predicted octanol–water partition coefficient (Wildman–Crippen LogP) is 5.66. The molecule has 0 bridgehead atoms. The molecule has 4 rings (SSSR count). The first-order valence-corrected chi connectivity index (χ1v) is 9.46. The van der Waals surface area contributed by atoms with Crippen LogP contribution in [0.5, 0.6) is 5.75 Å². The SMILES string of the molecule is CN1c2ccccc2C(C)(C)C12CCc1cc(Br)cc(Br)c1O2. The lowest BCUT2D eigenvalue weighted by Crippen LogP contribution is -2.60. The summed E-state index contributed by atoms with van der Waals surface area (Å²) in [7, 11) is 2.16. The Morgan fingerprint density at radius 2 is 1.87 bits per heavy atom. The molecule has 0 amide bonds. The Labute approximate surface area is 154 Å². The number of likely N-dealkylation sites (N-methyl/N-ethyl adjacent to an activating group) is 1. The molecule has 2 aromatic rings. The molecule has 0 saturated heterocycles. The zero-order valence-corrected chi connectivity index (χ0v) is 16.7. The molecule has 4 heteroatoms. The van der Waals surface area contributed by atoms with Crippen molar-refractivity contribution in [1.29, 1.82) is 0 Å². The molecular formula is C19H19Br2NO. The molecule has 23 heavy (non-hydrogen) atoms. The second kappa shape index (κ2) is 5.00. The summed E-state index contributed by atoms with van der Waals surface area (Å²) in [5.41, 5.74) is 3.47. The van der Waals surface area contributed by atoms with E-state index in [1.54, 1.807) is 0 Å². The fraction of sp³-hybridized carbons (Fsp3) is 0.368. The van der Waals surface area contributed by atoms with Gasteiger partial charge in [-0.3, -0.25) is 0 Å². The van der Waals surface area contributed by atoms with E-state index in [9.17, 15) is 0 Å². The first kappa shape index (κ1) is 15.5. The van der Waals surface area contributed by atoms with Gasteiger partial charge in [0, 0.05) is 23.6 Å². The molecule has 2 heterocycles. The topological polar surface area (TPSA) is 12.5 Å². The summed E-state index contributed by atoms with van der Waals surface area (Å²) in [5.74, 6) is 0.979. The molecular weight excluding hydrogens is 418 g/mol. The third-order valence-electron chi connectivity index (χ3n) is 5.55. The number of halogens is 2. The van der Waals surface area contributed by atoms with Gasteiger partial charge in [0.05, 0.1) is 9.89 Å². The number of benzene rings is 2. The van der Waals surface area contributed by atoms with Crippen LogP contribution in [0.15, 0.2) is 45.3 Å². The number of rotatable bonds is 0. The van der Waals surface area contributed by atoms with Crippen molar-refractivity contribution < 1.29 is 4.74 Å². The van der Waals surface area contributed by atoms with Crippen LogP contribution in [-0.2, 0) is 11.8 Å². The zero-order chi connectivity index (χ0) is 16.4. The molecule has 2 aliphatic rings. The maximum Gasteiger partial charge on any atom is 0.192 e. The van der Waals surface area contributed by atoms with Gasteiger partial charge in [0.2, 0.25) is 0 Å². The van der Waals surface area contributed by atoms with Crippen LogP contribution >= 0.6 is 31.9 Å². The van der Waals surface area contributed by atoms with Crippen LogP contribution in [0.2, 0.25) is 0 Å². The van der Waals surface area contributed by atoms with E-state index in [2.05, 4.69) is 94.1 Å². The fourth-order valence-electron chi connectivity index (χ4n) is 4.23. The van der Waals surface area contributed by atoms with Crippen molar-refractivity contribution in [2.45, 2.75) is 37.8 Å². The van der Waals surface area contributed by atoms with E-state index in [1.165, 1.54) is 16.8 Å². The van der Waals surface area contributed by atoms with Crippen molar-refractivity contribution >= 4 is 37.5 Å². The summed E-state index contributed by atoms with van der Waals surface area (Å²) in [6.07, 6.45) is 1.98. The summed E-state index contributed by atoms with van der Waals surface area (Å²) in [4.78, 5) is 2.33. The van der Waals surface area contributed by atoms with Crippen molar-refractivity contribution in [2.75, 3.05) is 11.9 Å². The Bertz CT molecular complexity index is 802. The molecule has 0 aliphatic carbocycles. The number of fused-ring (bicyclic) bond motifs is 2. The first-order chi connectivity index (χ1) is 10.9. The highest BCUT2D eigenvalue weighted by molar-refractivity contribution is 9.11. The largest absolute Gasteiger partial charge is 0.466 e. The molecule has 0 N–H and O–H groups in total. The van der Waals surface area contributed by atoms with Gasteiger partial charge >= 0.3 is 0 Å². The van der Waals surface area contributed by atoms with E-state index in [0.29, 0.717) is 0 Å². The molecule has 1 unspecified atom stereocenters. The average molecular weight is 437 g/mol. The number of nitrogens with zero attached hydrogens (tertiary/aromatic N) is 1. The van der Waals surface area contributed by atoms with Crippen LogP contribution in [0.3, 0.4) is 0 Å². The molecule has 0 radical (unpaired) electrons. The van der Waals surface area contributed by atoms with Crippen molar-refractivity contribution in [3.8, 4) is 5.75 Å². The fourth-order valence-corrected chi connectivity index (χ4v) is 5.63. The quantitative estimate of drug-likeness (QED) is 0.528. The van der Waals surface area contributed by atoms with Crippen LogP contribution in [-0.4, -0.2) is 12.8 Å². The molecule has 120 valence electrons. The number of hydrogen-bond donors (Lipinski definition) is 0. The minimum atomic E-state index is -0.347. The van der Waals surface area contributed by atoms with Gasteiger partial charge in [0.15, 0.2) is 5.72 Å². The van der Waals surface area contributed by atoms with Crippen LogP contribution in [0, 0.1) is 0 Å². The van der Waals surface area contributed by atoms with Crippen molar-refractivity contribution in [2.24, 2.45) is 0 Å². The molecule has 0 saturated carbocycles. The van der Waals surface area contributed by atoms with E-state index in [0.717, 1.165) is 27.5 Å². The third kappa shape index (κ3) is 1.97. The molecule has 1 spiro atoms. The van der Waals surface area contributed by atoms with Crippen LogP contribution in [0.25, 0.3) is 0 Å². The minimum Gasteiger partial charge on any atom is -0.466 e. The Morgan fingerprint density at radius 3 is 2.61 bits per heavy atom. The van der Waals surface area contributed by atoms with Gasteiger partial charge in [-0.15, -0.1) is 0 Å². The van der Waals surface area contributed by atoms with Gasteiger partial charge in [-0.1, -0.05) is 34.1 Å². The summed E-state index contributed by atoms with van der Waals surface area (Å²) in [6, 6.07) is 12.9. The normalized spacial score (nSPS) is 24.3. The van der Waals surface area contributed by atoms with Crippen molar-refractivity contribution in [1.82, 2.24) is 0 Å². The van der Waals surface area contributed by atoms with Crippen LogP contribution < -0.4 is 9.64 Å². The van der Waals surface area contributed by atoms with E-state index < -0.39 is 0 Å². The zero-order valence-electron chi connectivity index (χ0n) is 13.5. The van der Waals surface area contributed by atoms with Crippen molar-refractivity contribution in [3.05, 3.63) is 56.5 Å². The van der Waals surface area contributed by atoms with Crippen LogP contribution in [0.4, 0.5) is 5.69 Å². The Kier molecular flexibility index (Phi) is 3.37. The van der Waals surface area contributed by atoms with Gasteiger partial charge in [-0.2, -0.15) is 0 Å². The van der Waals surface area contributed by atoms with E-state index in [-0.39, 0.29) is 11.1 Å². The summed E-state index contributed by atoms with van der Waals surface area (Å²) >= 11 is 7.26. The van der Waals surface area contributed by atoms with Gasteiger partial charge in [-0.25, -0.2) is 0 Å². The number of hydrogen-bond acceptors (Lipinski definition) is 2. The van der Waals surface area contributed by atoms with Crippen molar-refractivity contribution in [3.63, 3.8) is 0 Å². The lowest BCUT2D eigenvalue weighted by Gasteiger charge is -2.49. The molecule has 2 nitrogen and oxygen atoms in total. The Balaban J connectivity index is 1.87. The van der Waals surface area contributed by atoms with Gasteiger partial charge < -0.3 is 9.64 Å². The maximum atomic E-state index is 6.73. The monoisotopic (exact) mass is 435 g/mol. The minimum absolute atomic E-state index is 0.0808. The highest BCUT2D eigenvalue weighted by Gasteiger charge is 2.59. The third-order valence-corrected chi connectivity index (χ3v) is 6.59. The Hall–Kier alpha value is -1.00. The molecule has 2 aliphatic heterocycles. The molecule has 0 aromatic heterocycles. The maximum absolute atomic E-state index is 6.73. The standard InChI is InChI=1S/C19H19Br2NO/c1-18(2)14-6-4-5-7-16(14)22(3)19(18)9-8-12-10-13(20)11-15(21)17(12)23-19/h4-7,10-11H,8-9H2,1-3H3. The highest BCUT2D eigenvalue weighted by Crippen LogP contribution is 2.56. The van der Waals surface area contributed by atoms with Gasteiger partial charge in [0.25, 0.3) is 0 Å². The van der Waals surface area contributed by atoms with Gasteiger partial charge in [0.1, 0.15) is 5.75 Å². The Morgan fingerprint density at radius 1 is 1.13 bits per heavy atom. The van der Waals surface area contributed by atoms with E-state index >= 15 is 0 Å². The number of para-hydroxylation sites is 1. The number of anilines is 1.